The SMILES string of the molecule is C[C@@H](N)c1c(F)cccc1Oc1ccc2c(c1)OCO2. The van der Waals surface area contributed by atoms with Gasteiger partial charge in [0.15, 0.2) is 11.5 Å². The van der Waals surface area contributed by atoms with Crippen molar-refractivity contribution in [1.29, 1.82) is 0 Å². The molecular weight excluding hydrogens is 261 g/mol. The van der Waals surface area contributed by atoms with Crippen LogP contribution in [0.1, 0.15) is 18.5 Å². The number of ether oxygens (including phenoxy) is 3. The average molecular weight is 275 g/mol. The Kier molecular flexibility index (Phi) is 3.20. The predicted molar refractivity (Wildman–Crippen MR) is 71.6 cm³/mol. The lowest BCUT2D eigenvalue weighted by atomic mass is 10.1. The molecule has 0 bridgehead atoms. The molecule has 0 spiro atoms. The van der Waals surface area contributed by atoms with Gasteiger partial charge in [0, 0.05) is 17.7 Å². The zero-order valence-electron chi connectivity index (χ0n) is 10.9. The highest BCUT2D eigenvalue weighted by molar-refractivity contribution is 5.49. The zero-order valence-corrected chi connectivity index (χ0v) is 10.9. The third-order valence-electron chi connectivity index (χ3n) is 3.04. The zero-order chi connectivity index (χ0) is 14.1. The highest BCUT2D eigenvalue weighted by Gasteiger charge is 2.17. The van der Waals surface area contributed by atoms with Crippen LogP contribution in [0.25, 0.3) is 0 Å². The summed E-state index contributed by atoms with van der Waals surface area (Å²) in [5.41, 5.74) is 6.15. The summed E-state index contributed by atoms with van der Waals surface area (Å²) < 4.78 is 30.0. The molecule has 1 heterocycles. The molecule has 0 unspecified atom stereocenters. The Morgan fingerprint density at radius 1 is 1.20 bits per heavy atom. The molecule has 0 saturated heterocycles. The Bertz CT molecular complexity index is 643. The van der Waals surface area contributed by atoms with Gasteiger partial charge in [-0.15, -0.1) is 0 Å². The average Bonchev–Trinajstić information content (AvgIpc) is 2.85. The number of hydrogen-bond donors (Lipinski definition) is 1. The van der Waals surface area contributed by atoms with E-state index >= 15 is 0 Å². The number of rotatable bonds is 3. The first-order valence-electron chi connectivity index (χ1n) is 6.26. The summed E-state index contributed by atoms with van der Waals surface area (Å²) in [6.45, 7) is 1.91. The van der Waals surface area contributed by atoms with Crippen molar-refractivity contribution >= 4 is 0 Å². The van der Waals surface area contributed by atoms with Crippen molar-refractivity contribution in [2.24, 2.45) is 5.73 Å². The van der Waals surface area contributed by atoms with Crippen LogP contribution in [0.15, 0.2) is 36.4 Å². The van der Waals surface area contributed by atoms with E-state index in [1.54, 1.807) is 37.3 Å². The first kappa shape index (κ1) is 12.7. The molecule has 2 aromatic rings. The van der Waals surface area contributed by atoms with Gasteiger partial charge >= 0.3 is 0 Å². The van der Waals surface area contributed by atoms with Crippen LogP contribution in [-0.2, 0) is 0 Å². The van der Waals surface area contributed by atoms with Gasteiger partial charge in [0.2, 0.25) is 6.79 Å². The molecule has 0 radical (unpaired) electrons. The Morgan fingerprint density at radius 2 is 2.00 bits per heavy atom. The predicted octanol–water partition coefficient (Wildman–Crippen LogP) is 3.37. The molecule has 1 aliphatic heterocycles. The molecule has 0 amide bonds. The van der Waals surface area contributed by atoms with Gasteiger partial charge in [-0.25, -0.2) is 4.39 Å². The van der Waals surface area contributed by atoms with Crippen molar-refractivity contribution in [1.82, 2.24) is 0 Å². The van der Waals surface area contributed by atoms with Gasteiger partial charge in [0.05, 0.1) is 0 Å². The van der Waals surface area contributed by atoms with Crippen LogP contribution in [0.2, 0.25) is 0 Å². The van der Waals surface area contributed by atoms with Crippen molar-refractivity contribution < 1.29 is 18.6 Å². The van der Waals surface area contributed by atoms with Gasteiger partial charge in [-0.1, -0.05) is 6.07 Å². The minimum absolute atomic E-state index is 0.198. The maximum Gasteiger partial charge on any atom is 0.231 e. The van der Waals surface area contributed by atoms with E-state index in [1.165, 1.54) is 6.07 Å². The molecule has 2 aromatic carbocycles. The molecule has 0 aromatic heterocycles. The van der Waals surface area contributed by atoms with Gasteiger partial charge in [0.25, 0.3) is 0 Å². The summed E-state index contributed by atoms with van der Waals surface area (Å²) in [6.07, 6.45) is 0. The first-order chi connectivity index (χ1) is 9.65. The molecule has 3 rings (SSSR count). The highest BCUT2D eigenvalue weighted by atomic mass is 19.1. The van der Waals surface area contributed by atoms with Crippen LogP contribution >= 0.6 is 0 Å². The highest BCUT2D eigenvalue weighted by Crippen LogP contribution is 2.38. The molecule has 2 N–H and O–H groups in total. The van der Waals surface area contributed by atoms with E-state index in [-0.39, 0.29) is 12.6 Å². The van der Waals surface area contributed by atoms with Gasteiger partial charge in [0.1, 0.15) is 17.3 Å². The van der Waals surface area contributed by atoms with Crippen LogP contribution in [0.4, 0.5) is 4.39 Å². The van der Waals surface area contributed by atoms with E-state index in [9.17, 15) is 4.39 Å². The van der Waals surface area contributed by atoms with Gasteiger partial charge in [-0.2, -0.15) is 0 Å². The molecule has 0 fully saturated rings. The third-order valence-corrected chi connectivity index (χ3v) is 3.04. The maximum absolute atomic E-state index is 13.8. The second-order valence-corrected chi connectivity index (χ2v) is 4.56. The lowest BCUT2D eigenvalue weighted by molar-refractivity contribution is 0.174. The molecule has 4 nitrogen and oxygen atoms in total. The van der Waals surface area contributed by atoms with Crippen molar-refractivity contribution in [2.45, 2.75) is 13.0 Å². The minimum atomic E-state index is -0.458. The second kappa shape index (κ2) is 5.02. The van der Waals surface area contributed by atoms with Crippen LogP contribution in [0, 0.1) is 5.82 Å². The lowest BCUT2D eigenvalue weighted by Crippen LogP contribution is -2.09. The molecule has 0 saturated carbocycles. The monoisotopic (exact) mass is 275 g/mol. The summed E-state index contributed by atoms with van der Waals surface area (Å²) in [5, 5.41) is 0. The largest absolute Gasteiger partial charge is 0.457 e. The fraction of sp³-hybridized carbons (Fsp3) is 0.200. The van der Waals surface area contributed by atoms with Gasteiger partial charge < -0.3 is 19.9 Å². The van der Waals surface area contributed by atoms with E-state index < -0.39 is 6.04 Å². The number of halogens is 1. The fourth-order valence-corrected chi connectivity index (χ4v) is 2.12. The Morgan fingerprint density at radius 3 is 2.80 bits per heavy atom. The Balaban J connectivity index is 1.93. The van der Waals surface area contributed by atoms with Crippen LogP contribution in [0.3, 0.4) is 0 Å². The molecule has 20 heavy (non-hydrogen) atoms. The number of hydrogen-bond acceptors (Lipinski definition) is 4. The number of fused-ring (bicyclic) bond motifs is 1. The topological polar surface area (TPSA) is 53.7 Å². The van der Waals surface area contributed by atoms with E-state index in [2.05, 4.69) is 0 Å². The van der Waals surface area contributed by atoms with E-state index in [1.807, 2.05) is 0 Å². The summed E-state index contributed by atoms with van der Waals surface area (Å²) in [4.78, 5) is 0. The van der Waals surface area contributed by atoms with Crippen LogP contribution < -0.4 is 19.9 Å². The standard InChI is InChI=1S/C15H14FNO3/c1-9(17)15-11(16)3-2-4-13(15)20-10-5-6-12-14(7-10)19-8-18-12/h2-7,9H,8,17H2,1H3/t9-/m1/s1. The molecule has 5 heteroatoms. The maximum atomic E-state index is 13.8. The molecular formula is C15H14FNO3. The van der Waals surface area contributed by atoms with Crippen molar-refractivity contribution in [2.75, 3.05) is 6.79 Å². The lowest BCUT2D eigenvalue weighted by Gasteiger charge is -2.14. The molecule has 1 aliphatic rings. The van der Waals surface area contributed by atoms with Crippen LogP contribution in [0.5, 0.6) is 23.0 Å². The van der Waals surface area contributed by atoms with E-state index in [0.29, 0.717) is 28.6 Å². The summed E-state index contributed by atoms with van der Waals surface area (Å²) in [7, 11) is 0. The summed E-state index contributed by atoms with van der Waals surface area (Å²) in [6, 6.07) is 9.38. The molecule has 104 valence electrons. The number of benzene rings is 2. The van der Waals surface area contributed by atoms with Gasteiger partial charge in [-0.05, 0) is 31.2 Å². The second-order valence-electron chi connectivity index (χ2n) is 4.56. The smallest absolute Gasteiger partial charge is 0.231 e. The number of nitrogens with two attached hydrogens (primary N) is 1. The van der Waals surface area contributed by atoms with Crippen LogP contribution in [-0.4, -0.2) is 6.79 Å². The third kappa shape index (κ3) is 2.28. The van der Waals surface area contributed by atoms with Gasteiger partial charge in [-0.3, -0.25) is 0 Å². The van der Waals surface area contributed by atoms with Crippen molar-refractivity contribution in [3.63, 3.8) is 0 Å². The van der Waals surface area contributed by atoms with Crippen molar-refractivity contribution in [3.8, 4) is 23.0 Å². The Hall–Kier alpha value is -2.27. The molecule has 0 aliphatic carbocycles. The van der Waals surface area contributed by atoms with E-state index in [0.717, 1.165) is 0 Å². The molecule has 1 atom stereocenters. The van der Waals surface area contributed by atoms with Crippen molar-refractivity contribution in [3.05, 3.63) is 47.8 Å². The minimum Gasteiger partial charge on any atom is -0.457 e. The fourth-order valence-electron chi connectivity index (χ4n) is 2.12. The normalized spacial score (nSPS) is 14.2. The summed E-state index contributed by atoms with van der Waals surface area (Å²) in [5.74, 6) is 1.85. The Labute approximate surface area is 115 Å². The first-order valence-corrected chi connectivity index (χ1v) is 6.26. The summed E-state index contributed by atoms with van der Waals surface area (Å²) >= 11 is 0. The van der Waals surface area contributed by atoms with E-state index in [4.69, 9.17) is 19.9 Å². The quantitative estimate of drug-likeness (QED) is 0.933.